The van der Waals surface area contributed by atoms with Crippen LogP contribution >= 0.6 is 15.9 Å². The van der Waals surface area contributed by atoms with Gasteiger partial charge in [0.15, 0.2) is 5.54 Å². The molecule has 1 aliphatic heterocycles. The van der Waals surface area contributed by atoms with Gasteiger partial charge in [-0.05, 0) is 5.92 Å². The summed E-state index contributed by atoms with van der Waals surface area (Å²) in [5, 5.41) is 0.621. The SMILES string of the molecule is C=CC[C@]1(CBr)N=C(OC)[C@H](C(C)C)N=C1OC. The summed E-state index contributed by atoms with van der Waals surface area (Å²) in [6.45, 7) is 7.96. The van der Waals surface area contributed by atoms with Crippen molar-refractivity contribution in [1.29, 1.82) is 0 Å². The smallest absolute Gasteiger partial charge is 0.213 e. The van der Waals surface area contributed by atoms with Gasteiger partial charge < -0.3 is 9.47 Å². The Morgan fingerprint density at radius 2 is 2.11 bits per heavy atom. The van der Waals surface area contributed by atoms with Crippen LogP contribution in [0.4, 0.5) is 0 Å². The lowest BCUT2D eigenvalue weighted by Crippen LogP contribution is -2.47. The van der Waals surface area contributed by atoms with Gasteiger partial charge in [0.1, 0.15) is 6.04 Å². The maximum absolute atomic E-state index is 5.43. The summed E-state index contributed by atoms with van der Waals surface area (Å²) in [7, 11) is 3.26. The Kier molecular flexibility index (Phi) is 5.38. The van der Waals surface area contributed by atoms with Gasteiger partial charge in [0.25, 0.3) is 0 Å². The average Bonchev–Trinajstić information content (AvgIpc) is 2.37. The first-order valence-corrected chi connectivity index (χ1v) is 7.09. The van der Waals surface area contributed by atoms with Crippen LogP contribution < -0.4 is 0 Å². The van der Waals surface area contributed by atoms with Gasteiger partial charge in [-0.1, -0.05) is 35.9 Å². The Morgan fingerprint density at radius 1 is 1.44 bits per heavy atom. The van der Waals surface area contributed by atoms with Crippen molar-refractivity contribution in [3.63, 3.8) is 0 Å². The lowest BCUT2D eigenvalue weighted by Gasteiger charge is -2.34. The average molecular weight is 317 g/mol. The molecule has 0 amide bonds. The highest BCUT2D eigenvalue weighted by molar-refractivity contribution is 9.09. The lowest BCUT2D eigenvalue weighted by atomic mass is 9.94. The minimum Gasteiger partial charge on any atom is -0.483 e. The van der Waals surface area contributed by atoms with Crippen LogP contribution in [0.1, 0.15) is 20.3 Å². The monoisotopic (exact) mass is 316 g/mol. The van der Waals surface area contributed by atoms with Crippen molar-refractivity contribution in [3.05, 3.63) is 12.7 Å². The van der Waals surface area contributed by atoms with E-state index in [0.29, 0.717) is 29.5 Å². The zero-order valence-corrected chi connectivity index (χ0v) is 13.0. The predicted octanol–water partition coefficient (Wildman–Crippen LogP) is 2.82. The highest BCUT2D eigenvalue weighted by atomic mass is 79.9. The molecule has 0 aromatic rings. The standard InChI is InChI=1S/C13H21BrN2O2/c1-6-7-13(8-14)12(18-5)15-10(9(2)3)11(16-13)17-4/h6,9-10H,1,7-8H2,2-5H3/t10-,13+/m0/s1. The topological polar surface area (TPSA) is 43.2 Å². The molecule has 0 saturated heterocycles. The Bertz CT molecular complexity index is 366. The molecule has 0 unspecified atom stereocenters. The summed E-state index contributed by atoms with van der Waals surface area (Å²) in [4.78, 5) is 9.37. The van der Waals surface area contributed by atoms with Crippen LogP contribution in [0.15, 0.2) is 22.6 Å². The van der Waals surface area contributed by atoms with Crippen molar-refractivity contribution in [3.8, 4) is 0 Å². The first-order chi connectivity index (χ1) is 8.54. The molecule has 1 rings (SSSR count). The van der Waals surface area contributed by atoms with Gasteiger partial charge in [-0.25, -0.2) is 9.98 Å². The Labute approximate surface area is 117 Å². The van der Waals surface area contributed by atoms with Crippen LogP contribution in [-0.4, -0.2) is 42.9 Å². The largest absolute Gasteiger partial charge is 0.483 e. The first-order valence-electron chi connectivity index (χ1n) is 5.97. The second-order valence-electron chi connectivity index (χ2n) is 4.64. The second-order valence-corrected chi connectivity index (χ2v) is 5.20. The maximum Gasteiger partial charge on any atom is 0.213 e. The fourth-order valence-corrected chi connectivity index (χ4v) is 2.58. The molecular weight excluding hydrogens is 296 g/mol. The van der Waals surface area contributed by atoms with Crippen molar-refractivity contribution < 1.29 is 9.47 Å². The summed E-state index contributed by atoms with van der Waals surface area (Å²) >= 11 is 3.49. The van der Waals surface area contributed by atoms with E-state index in [2.05, 4.69) is 41.3 Å². The fraction of sp³-hybridized carbons (Fsp3) is 0.692. The molecule has 0 N–H and O–H groups in total. The maximum atomic E-state index is 5.43. The highest BCUT2D eigenvalue weighted by Gasteiger charge is 2.41. The molecule has 2 atom stereocenters. The third-order valence-electron chi connectivity index (χ3n) is 2.97. The van der Waals surface area contributed by atoms with Gasteiger partial charge >= 0.3 is 0 Å². The van der Waals surface area contributed by atoms with Gasteiger partial charge in [0.05, 0.1) is 14.2 Å². The summed E-state index contributed by atoms with van der Waals surface area (Å²) in [6.07, 6.45) is 2.48. The molecule has 1 heterocycles. The molecule has 0 aromatic carbocycles. The van der Waals surface area contributed by atoms with Gasteiger partial charge in [0.2, 0.25) is 11.8 Å². The molecular formula is C13H21BrN2O2. The molecule has 102 valence electrons. The van der Waals surface area contributed by atoms with Crippen LogP contribution in [0.25, 0.3) is 0 Å². The lowest BCUT2D eigenvalue weighted by molar-refractivity contribution is 0.313. The minimum absolute atomic E-state index is 0.0815. The van der Waals surface area contributed by atoms with Gasteiger partial charge in [-0.15, -0.1) is 6.58 Å². The third kappa shape index (κ3) is 2.76. The van der Waals surface area contributed by atoms with Crippen molar-refractivity contribution in [2.75, 3.05) is 19.5 Å². The van der Waals surface area contributed by atoms with Crippen LogP contribution in [-0.2, 0) is 9.47 Å². The second kappa shape index (κ2) is 6.36. The third-order valence-corrected chi connectivity index (χ3v) is 3.90. The van der Waals surface area contributed by atoms with Crippen molar-refractivity contribution in [2.24, 2.45) is 15.9 Å². The van der Waals surface area contributed by atoms with Crippen molar-refractivity contribution >= 4 is 27.7 Å². The Morgan fingerprint density at radius 3 is 2.50 bits per heavy atom. The van der Waals surface area contributed by atoms with E-state index in [0.717, 1.165) is 0 Å². The van der Waals surface area contributed by atoms with E-state index < -0.39 is 5.54 Å². The van der Waals surface area contributed by atoms with E-state index in [1.807, 2.05) is 6.08 Å². The number of aliphatic imine (C=N–C) groups is 2. The Balaban J connectivity index is 3.23. The van der Waals surface area contributed by atoms with E-state index in [9.17, 15) is 0 Å². The molecule has 0 aliphatic carbocycles. The molecule has 0 bridgehead atoms. The number of nitrogens with zero attached hydrogens (tertiary/aromatic N) is 2. The number of alkyl halides is 1. The molecule has 0 spiro atoms. The molecule has 4 nitrogen and oxygen atoms in total. The number of methoxy groups -OCH3 is 2. The molecule has 0 saturated carbocycles. The highest BCUT2D eigenvalue weighted by Crippen LogP contribution is 2.29. The fourth-order valence-electron chi connectivity index (χ4n) is 1.98. The summed E-state index contributed by atoms with van der Waals surface area (Å²) in [5.41, 5.74) is -0.534. The molecule has 0 radical (unpaired) electrons. The zero-order chi connectivity index (χ0) is 13.8. The molecule has 18 heavy (non-hydrogen) atoms. The van der Waals surface area contributed by atoms with E-state index in [1.54, 1.807) is 14.2 Å². The van der Waals surface area contributed by atoms with Crippen LogP contribution in [0.2, 0.25) is 0 Å². The number of rotatable bonds is 4. The summed E-state index contributed by atoms with van der Waals surface area (Å²) in [5.74, 6) is 1.61. The number of halogens is 1. The Hall–Kier alpha value is -0.840. The summed E-state index contributed by atoms with van der Waals surface area (Å²) < 4.78 is 10.8. The van der Waals surface area contributed by atoms with Crippen molar-refractivity contribution in [2.45, 2.75) is 31.8 Å². The first kappa shape index (κ1) is 15.2. The quantitative estimate of drug-likeness (QED) is 0.591. The minimum atomic E-state index is -0.534. The van der Waals surface area contributed by atoms with E-state index in [4.69, 9.17) is 14.5 Å². The van der Waals surface area contributed by atoms with E-state index in [1.165, 1.54) is 0 Å². The predicted molar refractivity (Wildman–Crippen MR) is 78.9 cm³/mol. The number of hydrogen-bond donors (Lipinski definition) is 0. The molecule has 5 heteroatoms. The molecule has 0 fully saturated rings. The van der Waals surface area contributed by atoms with E-state index >= 15 is 0 Å². The van der Waals surface area contributed by atoms with Gasteiger partial charge in [-0.2, -0.15) is 0 Å². The number of hydrogen-bond acceptors (Lipinski definition) is 4. The number of ether oxygens (including phenoxy) is 2. The van der Waals surface area contributed by atoms with Crippen LogP contribution in [0.3, 0.4) is 0 Å². The van der Waals surface area contributed by atoms with Crippen LogP contribution in [0.5, 0.6) is 0 Å². The summed E-state index contributed by atoms with van der Waals surface area (Å²) in [6, 6.07) is -0.0815. The van der Waals surface area contributed by atoms with E-state index in [-0.39, 0.29) is 6.04 Å². The van der Waals surface area contributed by atoms with Crippen molar-refractivity contribution in [1.82, 2.24) is 0 Å². The molecule has 1 aliphatic rings. The van der Waals surface area contributed by atoms with Gasteiger partial charge in [-0.3, -0.25) is 0 Å². The van der Waals surface area contributed by atoms with Gasteiger partial charge in [0, 0.05) is 11.8 Å². The molecule has 0 aromatic heterocycles. The van der Waals surface area contributed by atoms with Crippen LogP contribution in [0, 0.1) is 5.92 Å². The normalized spacial score (nSPS) is 27.6. The zero-order valence-electron chi connectivity index (χ0n) is 11.4.